The maximum atomic E-state index is 12.8. The fourth-order valence-corrected chi connectivity index (χ4v) is 2.30. The molecule has 1 fully saturated rings. The van der Waals surface area contributed by atoms with Crippen LogP contribution < -0.4 is 5.73 Å². The summed E-state index contributed by atoms with van der Waals surface area (Å²) in [5, 5.41) is 0. The van der Waals surface area contributed by atoms with Gasteiger partial charge in [-0.15, -0.1) is 0 Å². The van der Waals surface area contributed by atoms with Crippen LogP contribution in [0.3, 0.4) is 0 Å². The topological polar surface area (TPSA) is 26.0 Å². The minimum absolute atomic E-state index is 0.184. The van der Waals surface area contributed by atoms with Crippen LogP contribution in [-0.4, -0.2) is 6.04 Å². The van der Waals surface area contributed by atoms with E-state index in [0.29, 0.717) is 5.56 Å². The monoisotopic (exact) mass is 229 g/mol. The van der Waals surface area contributed by atoms with Crippen molar-refractivity contribution in [3.63, 3.8) is 0 Å². The Morgan fingerprint density at radius 2 is 1.69 bits per heavy atom. The van der Waals surface area contributed by atoms with Crippen LogP contribution in [0.5, 0.6) is 0 Å². The normalized spacial score (nSPS) is 27.9. The molecule has 1 nitrogen and oxygen atoms in total. The van der Waals surface area contributed by atoms with Crippen LogP contribution in [0.15, 0.2) is 24.3 Å². The van der Waals surface area contributed by atoms with Gasteiger partial charge in [-0.25, -0.2) is 0 Å². The largest absolute Gasteiger partial charge is 0.416 e. The molecule has 0 spiro atoms. The smallest absolute Gasteiger partial charge is 0.327 e. The lowest BCUT2D eigenvalue weighted by molar-refractivity contribution is -0.138. The van der Waals surface area contributed by atoms with E-state index >= 15 is 0 Å². The van der Waals surface area contributed by atoms with Crippen LogP contribution >= 0.6 is 0 Å². The van der Waals surface area contributed by atoms with Crippen molar-refractivity contribution >= 4 is 0 Å². The highest BCUT2D eigenvalue weighted by Crippen LogP contribution is 2.59. The van der Waals surface area contributed by atoms with Crippen molar-refractivity contribution in [1.29, 1.82) is 0 Å². The van der Waals surface area contributed by atoms with Crippen LogP contribution in [0, 0.1) is 5.41 Å². The van der Waals surface area contributed by atoms with Gasteiger partial charge >= 0.3 is 6.18 Å². The molecule has 1 aliphatic carbocycles. The van der Waals surface area contributed by atoms with Gasteiger partial charge in [0.05, 0.1) is 5.56 Å². The Morgan fingerprint density at radius 3 is 2.12 bits per heavy atom. The molecule has 1 aromatic carbocycles. The molecule has 2 rings (SSSR count). The molecule has 4 heteroatoms. The minimum atomic E-state index is -4.30. The highest BCUT2D eigenvalue weighted by atomic mass is 19.4. The third kappa shape index (κ3) is 1.61. The second-order valence-corrected chi connectivity index (χ2v) is 4.91. The molecule has 0 bridgehead atoms. The van der Waals surface area contributed by atoms with E-state index in [9.17, 15) is 13.2 Å². The Kier molecular flexibility index (Phi) is 2.31. The summed E-state index contributed by atoms with van der Waals surface area (Å²) in [6.07, 6.45) is -4.30. The summed E-state index contributed by atoms with van der Waals surface area (Å²) in [6.45, 7) is 3.80. The number of benzene rings is 1. The summed E-state index contributed by atoms with van der Waals surface area (Å²) in [5.41, 5.74) is 5.36. The van der Waals surface area contributed by atoms with E-state index in [0.717, 1.165) is 6.07 Å². The molecule has 0 unspecified atom stereocenters. The Morgan fingerprint density at radius 1 is 1.19 bits per heavy atom. The summed E-state index contributed by atoms with van der Waals surface area (Å²) in [6, 6.07) is 5.51. The van der Waals surface area contributed by atoms with Gasteiger partial charge in [0.25, 0.3) is 0 Å². The molecule has 16 heavy (non-hydrogen) atoms. The molecule has 1 aromatic rings. The van der Waals surface area contributed by atoms with Gasteiger partial charge in [0.2, 0.25) is 0 Å². The van der Waals surface area contributed by atoms with E-state index in [1.165, 1.54) is 12.1 Å². The standard InChI is InChI=1S/C12H14F3N/c1-11(2)9(10(11)16)7-5-3-4-6-8(7)12(13,14)15/h3-6,9-10H,16H2,1-2H3/t9-,10-/m0/s1. The van der Waals surface area contributed by atoms with Crippen molar-refractivity contribution in [1.82, 2.24) is 0 Å². The first-order valence-electron chi connectivity index (χ1n) is 5.18. The number of alkyl halides is 3. The maximum absolute atomic E-state index is 12.8. The summed E-state index contributed by atoms with van der Waals surface area (Å²) in [7, 11) is 0. The molecule has 0 heterocycles. The van der Waals surface area contributed by atoms with E-state index in [2.05, 4.69) is 0 Å². The van der Waals surface area contributed by atoms with E-state index < -0.39 is 11.7 Å². The molecule has 0 amide bonds. The zero-order valence-corrected chi connectivity index (χ0v) is 9.18. The van der Waals surface area contributed by atoms with Gasteiger partial charge in [0.15, 0.2) is 0 Å². The van der Waals surface area contributed by atoms with Crippen LogP contribution in [0.2, 0.25) is 0 Å². The molecule has 0 radical (unpaired) electrons. The summed E-state index contributed by atoms with van der Waals surface area (Å²) in [4.78, 5) is 0. The molecule has 1 saturated carbocycles. The van der Waals surface area contributed by atoms with E-state index in [1.54, 1.807) is 6.07 Å². The Balaban J connectivity index is 2.44. The van der Waals surface area contributed by atoms with Crippen LogP contribution in [0.25, 0.3) is 0 Å². The molecule has 2 atom stereocenters. The average molecular weight is 229 g/mol. The third-order valence-corrected chi connectivity index (χ3v) is 3.51. The number of halogens is 3. The van der Waals surface area contributed by atoms with Gasteiger partial charge in [0.1, 0.15) is 0 Å². The van der Waals surface area contributed by atoms with Gasteiger partial charge in [-0.1, -0.05) is 32.0 Å². The zero-order valence-electron chi connectivity index (χ0n) is 9.18. The predicted molar refractivity (Wildman–Crippen MR) is 55.9 cm³/mol. The molecule has 0 aromatic heterocycles. The first kappa shape index (κ1) is 11.5. The number of hydrogen-bond donors (Lipinski definition) is 1. The summed E-state index contributed by atoms with van der Waals surface area (Å²) >= 11 is 0. The lowest BCUT2D eigenvalue weighted by Gasteiger charge is -2.13. The molecule has 0 saturated heterocycles. The Bertz CT molecular complexity index is 409. The lowest BCUT2D eigenvalue weighted by atomic mass is 9.98. The van der Waals surface area contributed by atoms with Crippen molar-refractivity contribution in [2.24, 2.45) is 11.1 Å². The second-order valence-electron chi connectivity index (χ2n) is 4.91. The highest BCUT2D eigenvalue weighted by molar-refractivity contribution is 5.41. The fraction of sp³-hybridized carbons (Fsp3) is 0.500. The van der Waals surface area contributed by atoms with Crippen molar-refractivity contribution in [3.8, 4) is 0 Å². The lowest BCUT2D eigenvalue weighted by Crippen LogP contribution is -2.10. The van der Waals surface area contributed by atoms with Crippen molar-refractivity contribution in [3.05, 3.63) is 35.4 Å². The van der Waals surface area contributed by atoms with E-state index in [4.69, 9.17) is 5.73 Å². The van der Waals surface area contributed by atoms with E-state index in [1.807, 2.05) is 13.8 Å². The van der Waals surface area contributed by atoms with Gasteiger partial charge in [0, 0.05) is 12.0 Å². The SMILES string of the molecule is CC1(C)[C@@H](N)[C@@H]1c1ccccc1C(F)(F)F. The average Bonchev–Trinajstić information content (AvgIpc) is 2.65. The quantitative estimate of drug-likeness (QED) is 0.786. The van der Waals surface area contributed by atoms with Gasteiger partial charge in [-0.3, -0.25) is 0 Å². The zero-order chi connectivity index (χ0) is 12.1. The van der Waals surface area contributed by atoms with Crippen molar-refractivity contribution in [2.45, 2.75) is 32.0 Å². The number of rotatable bonds is 1. The first-order chi connectivity index (χ1) is 7.26. The molecule has 2 N–H and O–H groups in total. The first-order valence-corrected chi connectivity index (χ1v) is 5.18. The second kappa shape index (κ2) is 3.23. The highest BCUT2D eigenvalue weighted by Gasteiger charge is 2.57. The molecular weight excluding hydrogens is 215 g/mol. The summed E-state index contributed by atoms with van der Waals surface area (Å²) < 4.78 is 38.3. The molecule has 1 aliphatic rings. The third-order valence-electron chi connectivity index (χ3n) is 3.51. The molecule has 88 valence electrons. The van der Waals surface area contributed by atoms with Crippen LogP contribution in [0.1, 0.15) is 30.9 Å². The van der Waals surface area contributed by atoms with Crippen molar-refractivity contribution < 1.29 is 13.2 Å². The van der Waals surface area contributed by atoms with Gasteiger partial charge < -0.3 is 5.73 Å². The molecule has 0 aliphatic heterocycles. The van der Waals surface area contributed by atoms with Crippen molar-refractivity contribution in [2.75, 3.05) is 0 Å². The van der Waals surface area contributed by atoms with Crippen LogP contribution in [-0.2, 0) is 6.18 Å². The van der Waals surface area contributed by atoms with E-state index in [-0.39, 0.29) is 17.4 Å². The van der Waals surface area contributed by atoms with Crippen LogP contribution in [0.4, 0.5) is 13.2 Å². The molecular formula is C12H14F3N. The summed E-state index contributed by atoms with van der Waals surface area (Å²) in [5.74, 6) is -0.190. The minimum Gasteiger partial charge on any atom is -0.327 e. The predicted octanol–water partition coefficient (Wildman–Crippen LogP) is 3.16. The Labute approximate surface area is 92.5 Å². The number of nitrogens with two attached hydrogens (primary N) is 1. The Hall–Kier alpha value is -1.03. The maximum Gasteiger partial charge on any atom is 0.416 e. The van der Waals surface area contributed by atoms with Gasteiger partial charge in [-0.05, 0) is 17.0 Å². The van der Waals surface area contributed by atoms with Gasteiger partial charge in [-0.2, -0.15) is 13.2 Å². The fourth-order valence-electron chi connectivity index (χ4n) is 2.30. The number of hydrogen-bond acceptors (Lipinski definition) is 1.